The van der Waals surface area contributed by atoms with E-state index in [4.69, 9.17) is 0 Å². The van der Waals surface area contributed by atoms with Crippen LogP contribution in [0.15, 0.2) is 18.2 Å². The minimum Gasteiger partial charge on any atom is -0.426 e. The minimum atomic E-state index is -4.75. The predicted molar refractivity (Wildman–Crippen MR) is 85.3 cm³/mol. The second-order valence-corrected chi connectivity index (χ2v) is 6.09. The van der Waals surface area contributed by atoms with Crippen LogP contribution in [0.2, 0.25) is 0 Å². The van der Waals surface area contributed by atoms with Gasteiger partial charge in [-0.3, -0.25) is 9.59 Å². The number of amides is 2. The number of carbonyl (C=O) groups excluding carboxylic acids is 2. The van der Waals surface area contributed by atoms with E-state index in [1.807, 2.05) is 5.32 Å². The highest BCUT2D eigenvalue weighted by Gasteiger charge is 2.32. The molecule has 1 aromatic carbocycles. The lowest BCUT2D eigenvalue weighted by Gasteiger charge is -2.19. The van der Waals surface area contributed by atoms with Gasteiger partial charge in [-0.1, -0.05) is 13.8 Å². The van der Waals surface area contributed by atoms with Crippen molar-refractivity contribution in [3.63, 3.8) is 0 Å². The molecule has 1 rings (SSSR count). The third-order valence-electron chi connectivity index (χ3n) is 3.38. The normalized spacial score (nSPS) is 12.7. The number of benzene rings is 1. The van der Waals surface area contributed by atoms with Crippen molar-refractivity contribution >= 4 is 18.9 Å². The molecular weight excluding hydrogens is 359 g/mol. The Kier molecular flexibility index (Phi) is 7.58. The lowest BCUT2D eigenvalue weighted by molar-refractivity contribution is -0.137. The van der Waals surface area contributed by atoms with Crippen molar-refractivity contribution in [2.75, 3.05) is 6.54 Å². The van der Waals surface area contributed by atoms with Crippen LogP contribution in [0.4, 0.5) is 17.6 Å². The molecule has 2 amide bonds. The summed E-state index contributed by atoms with van der Waals surface area (Å²) in [6, 6.07) is 1.36. The summed E-state index contributed by atoms with van der Waals surface area (Å²) in [4.78, 5) is 23.6. The average Bonchev–Trinajstić information content (AvgIpc) is 2.50. The summed E-state index contributed by atoms with van der Waals surface area (Å²) in [7, 11) is -1.82. The molecule has 0 saturated carbocycles. The Hall–Kier alpha value is -2.14. The number of nitrogens with one attached hydrogen (secondary N) is 2. The van der Waals surface area contributed by atoms with Crippen LogP contribution in [0.3, 0.4) is 0 Å². The van der Waals surface area contributed by atoms with Gasteiger partial charge in [-0.15, -0.1) is 0 Å². The molecule has 26 heavy (non-hydrogen) atoms. The van der Waals surface area contributed by atoms with E-state index in [0.717, 1.165) is 0 Å². The van der Waals surface area contributed by atoms with Crippen molar-refractivity contribution in [3.05, 3.63) is 35.1 Å². The molecule has 144 valence electrons. The first-order valence-corrected chi connectivity index (χ1v) is 7.72. The first kappa shape index (κ1) is 21.9. The first-order chi connectivity index (χ1) is 11.9. The summed E-state index contributed by atoms with van der Waals surface area (Å²) in [5.41, 5.74) is -2.05. The van der Waals surface area contributed by atoms with Crippen LogP contribution in [0.25, 0.3) is 0 Å². The lowest BCUT2D eigenvalue weighted by atomic mass is 9.75. The average molecular weight is 378 g/mol. The predicted octanol–water partition coefficient (Wildman–Crippen LogP) is 1.12. The molecule has 11 heteroatoms. The van der Waals surface area contributed by atoms with E-state index in [-0.39, 0.29) is 12.3 Å². The standard InChI is InChI=1S/C15H19BF4N2O4/c1-8(2)5-12(16(25)26)22-13(23)7-21-14(24)10-6-9(15(18,19)20)3-4-11(10)17/h3-4,6,8,12,25-26H,5,7H2,1-2H3,(H,21,24)(H,22,23)/t12-/m0/s1. The molecule has 0 fully saturated rings. The molecule has 0 aliphatic rings. The SMILES string of the molecule is CC(C)C[C@H](NC(=O)CNC(=O)c1cc(C(F)(F)F)ccc1F)B(O)O. The van der Waals surface area contributed by atoms with Crippen molar-refractivity contribution in [2.45, 2.75) is 32.4 Å². The Morgan fingerprint density at radius 3 is 2.35 bits per heavy atom. The monoisotopic (exact) mass is 378 g/mol. The van der Waals surface area contributed by atoms with Crippen LogP contribution in [0.5, 0.6) is 0 Å². The molecule has 0 radical (unpaired) electrons. The molecule has 1 aromatic rings. The molecule has 0 saturated heterocycles. The van der Waals surface area contributed by atoms with E-state index in [1.165, 1.54) is 0 Å². The topological polar surface area (TPSA) is 98.7 Å². The van der Waals surface area contributed by atoms with Crippen molar-refractivity contribution in [1.82, 2.24) is 10.6 Å². The molecule has 6 nitrogen and oxygen atoms in total. The zero-order chi connectivity index (χ0) is 20.1. The van der Waals surface area contributed by atoms with Gasteiger partial charge in [0.1, 0.15) is 5.82 Å². The fourth-order valence-corrected chi connectivity index (χ4v) is 2.15. The van der Waals surface area contributed by atoms with Gasteiger partial charge < -0.3 is 20.7 Å². The van der Waals surface area contributed by atoms with E-state index in [1.54, 1.807) is 13.8 Å². The second kappa shape index (κ2) is 8.99. The fourth-order valence-electron chi connectivity index (χ4n) is 2.15. The molecule has 0 spiro atoms. The maximum absolute atomic E-state index is 13.6. The van der Waals surface area contributed by atoms with Crippen LogP contribution in [-0.4, -0.2) is 41.5 Å². The van der Waals surface area contributed by atoms with Crippen molar-refractivity contribution in [3.8, 4) is 0 Å². The summed E-state index contributed by atoms with van der Waals surface area (Å²) in [5, 5.41) is 22.7. The zero-order valence-electron chi connectivity index (χ0n) is 14.1. The van der Waals surface area contributed by atoms with E-state index in [2.05, 4.69) is 5.32 Å². The number of rotatable bonds is 7. The Balaban J connectivity index is 2.73. The number of hydrogen-bond acceptors (Lipinski definition) is 4. The Morgan fingerprint density at radius 1 is 1.23 bits per heavy atom. The van der Waals surface area contributed by atoms with E-state index < -0.39 is 54.5 Å². The molecule has 0 bridgehead atoms. The summed E-state index contributed by atoms with van der Waals surface area (Å²) in [6.45, 7) is 2.91. The van der Waals surface area contributed by atoms with Gasteiger partial charge in [0.15, 0.2) is 0 Å². The number of alkyl halides is 3. The Morgan fingerprint density at radius 2 is 1.85 bits per heavy atom. The number of halogens is 4. The van der Waals surface area contributed by atoms with Gasteiger partial charge in [0.05, 0.1) is 23.6 Å². The van der Waals surface area contributed by atoms with E-state index in [9.17, 15) is 37.2 Å². The lowest BCUT2D eigenvalue weighted by Crippen LogP contribution is -2.50. The van der Waals surface area contributed by atoms with Crippen molar-refractivity contribution in [1.29, 1.82) is 0 Å². The highest BCUT2D eigenvalue weighted by atomic mass is 19.4. The zero-order valence-corrected chi connectivity index (χ0v) is 14.1. The van der Waals surface area contributed by atoms with Crippen LogP contribution in [0.1, 0.15) is 36.2 Å². The van der Waals surface area contributed by atoms with Crippen molar-refractivity contribution in [2.24, 2.45) is 5.92 Å². The summed E-state index contributed by atoms with van der Waals surface area (Å²) < 4.78 is 51.5. The van der Waals surface area contributed by atoms with Crippen LogP contribution in [-0.2, 0) is 11.0 Å². The first-order valence-electron chi connectivity index (χ1n) is 7.72. The second-order valence-electron chi connectivity index (χ2n) is 6.09. The molecule has 4 N–H and O–H groups in total. The van der Waals surface area contributed by atoms with Gasteiger partial charge >= 0.3 is 13.3 Å². The molecule has 1 atom stereocenters. The maximum Gasteiger partial charge on any atom is 0.475 e. The summed E-state index contributed by atoms with van der Waals surface area (Å²) in [6.07, 6.45) is -4.50. The third-order valence-corrected chi connectivity index (χ3v) is 3.38. The largest absolute Gasteiger partial charge is 0.475 e. The molecule has 0 aromatic heterocycles. The van der Waals surface area contributed by atoms with Gasteiger partial charge in [0, 0.05) is 0 Å². The Labute approximate surface area is 147 Å². The Bertz CT molecular complexity index is 653. The highest BCUT2D eigenvalue weighted by Crippen LogP contribution is 2.30. The van der Waals surface area contributed by atoms with Crippen LogP contribution < -0.4 is 10.6 Å². The molecule has 0 heterocycles. The van der Waals surface area contributed by atoms with Gasteiger partial charge in [-0.05, 0) is 30.5 Å². The third kappa shape index (κ3) is 6.64. The molecule has 0 unspecified atom stereocenters. The summed E-state index contributed by atoms with van der Waals surface area (Å²) >= 11 is 0. The van der Waals surface area contributed by atoms with Gasteiger partial charge in [-0.25, -0.2) is 4.39 Å². The molecule has 0 aliphatic heterocycles. The van der Waals surface area contributed by atoms with Gasteiger partial charge in [-0.2, -0.15) is 13.2 Å². The quantitative estimate of drug-likeness (QED) is 0.422. The number of hydrogen-bond donors (Lipinski definition) is 4. The van der Waals surface area contributed by atoms with Gasteiger partial charge in [0.2, 0.25) is 5.91 Å². The van der Waals surface area contributed by atoms with E-state index in [0.29, 0.717) is 18.2 Å². The maximum atomic E-state index is 13.6. The highest BCUT2D eigenvalue weighted by molar-refractivity contribution is 6.43. The fraction of sp³-hybridized carbons (Fsp3) is 0.467. The molecule has 0 aliphatic carbocycles. The smallest absolute Gasteiger partial charge is 0.426 e. The summed E-state index contributed by atoms with van der Waals surface area (Å²) in [5.74, 6) is -4.11. The molecular formula is C15H19BF4N2O4. The van der Waals surface area contributed by atoms with Gasteiger partial charge in [0.25, 0.3) is 5.91 Å². The van der Waals surface area contributed by atoms with Crippen LogP contribution in [0, 0.1) is 11.7 Å². The van der Waals surface area contributed by atoms with Crippen molar-refractivity contribution < 1.29 is 37.2 Å². The minimum absolute atomic E-state index is 0.0379. The number of carbonyl (C=O) groups is 2. The van der Waals surface area contributed by atoms with Crippen LogP contribution >= 0.6 is 0 Å². The van der Waals surface area contributed by atoms with E-state index >= 15 is 0 Å².